The number of benzene rings is 6. The van der Waals surface area contributed by atoms with E-state index in [9.17, 15) is 4.79 Å². The third-order valence-corrected chi connectivity index (χ3v) is 9.79. The minimum atomic E-state index is 0.0905. The van der Waals surface area contributed by atoms with Crippen molar-refractivity contribution in [1.29, 1.82) is 0 Å². The van der Waals surface area contributed by atoms with Gasteiger partial charge in [0.15, 0.2) is 5.78 Å². The zero-order valence-corrected chi connectivity index (χ0v) is 44.5. The summed E-state index contributed by atoms with van der Waals surface area (Å²) in [6, 6.07) is 53.9. The molecule has 1 atom stereocenters. The normalized spacial score (nSPS) is 10.7. The smallest absolute Gasteiger partial charge is 0.165 e. The van der Waals surface area contributed by atoms with Crippen molar-refractivity contribution in [3.8, 4) is 0 Å². The maximum atomic E-state index is 11.5. The van der Waals surface area contributed by atoms with Gasteiger partial charge in [-0.25, -0.2) is 0 Å². The molecule has 0 aliphatic heterocycles. The standard InChI is InChI=1S/C11H17N.C11H14O.3C10H15N.C9H13N/c2*1-8(2)11(12)10-6-4-9(3)5-7-10;3*1-8(2)11-10-6-4-9(3)5-7-10;1-8(2)10-9-6-4-3-5-7-9/h4-8,11H,12H2,1-3H3;4-8H,1-3H3;3*4-8,11H,1-3H3;3-8,10H,1-2H3. The van der Waals surface area contributed by atoms with Gasteiger partial charge in [-0.1, -0.05) is 159 Å². The first-order valence-corrected chi connectivity index (χ1v) is 24.3. The molecule has 0 radical (unpaired) electrons. The second-order valence-corrected chi connectivity index (χ2v) is 19.2. The molecule has 0 aromatic heterocycles. The quantitative estimate of drug-likeness (QED) is 0.0786. The number of nitrogens with two attached hydrogens (primary N) is 1. The van der Waals surface area contributed by atoms with E-state index >= 15 is 0 Å². The van der Waals surface area contributed by atoms with Crippen LogP contribution in [0.4, 0.5) is 22.7 Å². The van der Waals surface area contributed by atoms with Gasteiger partial charge in [-0.2, -0.15) is 0 Å². The van der Waals surface area contributed by atoms with Crippen molar-refractivity contribution in [1.82, 2.24) is 0 Å². The van der Waals surface area contributed by atoms with Gasteiger partial charge in [-0.05, 0) is 150 Å². The number of hydrogen-bond acceptors (Lipinski definition) is 6. The fourth-order valence-electron chi connectivity index (χ4n) is 6.04. The Bertz CT molecular complexity index is 2020. The lowest BCUT2D eigenvalue weighted by Gasteiger charge is -2.15. The maximum absolute atomic E-state index is 11.5. The first-order valence-electron chi connectivity index (χ1n) is 24.3. The maximum Gasteiger partial charge on any atom is 0.165 e. The van der Waals surface area contributed by atoms with Crippen LogP contribution in [-0.2, 0) is 0 Å². The van der Waals surface area contributed by atoms with Crippen molar-refractivity contribution in [3.63, 3.8) is 0 Å². The Morgan fingerprint density at radius 1 is 0.358 bits per heavy atom. The lowest BCUT2D eigenvalue weighted by atomic mass is 9.96. The van der Waals surface area contributed by atoms with Gasteiger partial charge >= 0.3 is 0 Å². The van der Waals surface area contributed by atoms with Gasteiger partial charge in [0.2, 0.25) is 0 Å². The number of ketones is 1. The Labute approximate surface area is 409 Å². The van der Waals surface area contributed by atoms with E-state index in [1.807, 2.05) is 63.2 Å². The van der Waals surface area contributed by atoms with Crippen molar-refractivity contribution >= 4 is 28.5 Å². The summed E-state index contributed by atoms with van der Waals surface area (Å²) >= 11 is 0. The summed E-state index contributed by atoms with van der Waals surface area (Å²) in [7, 11) is 0. The molecule has 0 aliphatic rings. The number of carbonyl (C=O) groups is 1. The van der Waals surface area contributed by atoms with Crippen molar-refractivity contribution < 1.29 is 4.79 Å². The van der Waals surface area contributed by atoms with Crippen LogP contribution in [0.25, 0.3) is 0 Å². The van der Waals surface area contributed by atoms with Gasteiger partial charge in [0, 0.05) is 64.4 Å². The molecule has 0 fully saturated rings. The minimum Gasteiger partial charge on any atom is -0.383 e. The van der Waals surface area contributed by atoms with Gasteiger partial charge in [0.25, 0.3) is 0 Å². The Kier molecular flexibility index (Phi) is 28.9. The highest BCUT2D eigenvalue weighted by molar-refractivity contribution is 5.97. The number of nitrogens with one attached hydrogen (secondary N) is 4. The Balaban J connectivity index is 0.000000402. The molecule has 6 aromatic carbocycles. The molecule has 0 aliphatic carbocycles. The minimum absolute atomic E-state index is 0.0905. The molecular formula is C61H89N5O. The number of anilines is 4. The van der Waals surface area contributed by atoms with Crippen LogP contribution in [0.15, 0.2) is 152 Å². The van der Waals surface area contributed by atoms with Crippen LogP contribution in [0, 0.1) is 46.5 Å². The molecule has 6 N–H and O–H groups in total. The fraction of sp³-hybridized carbons (Fsp3) is 0.393. The van der Waals surface area contributed by atoms with Crippen LogP contribution >= 0.6 is 0 Å². The molecule has 0 amide bonds. The summed E-state index contributed by atoms with van der Waals surface area (Å²) in [6.45, 7) is 35.6. The number of para-hydroxylation sites is 1. The molecule has 6 rings (SSSR count). The SMILES string of the molecule is CC(C)Nc1ccccc1.Cc1ccc(C(=O)C(C)C)cc1.Cc1ccc(C(N)C(C)C)cc1.Cc1ccc(NC(C)C)cc1.Cc1ccc(NC(C)C)cc1.Cc1ccc(NC(C)C)cc1. The topological polar surface area (TPSA) is 91.2 Å². The highest BCUT2D eigenvalue weighted by Crippen LogP contribution is 2.19. The summed E-state index contributed by atoms with van der Waals surface area (Å²) in [5.41, 5.74) is 19.2. The molecule has 1 unspecified atom stereocenters. The Morgan fingerprint density at radius 2 is 0.612 bits per heavy atom. The van der Waals surface area contributed by atoms with E-state index in [4.69, 9.17) is 5.73 Å². The summed E-state index contributed by atoms with van der Waals surface area (Å²) in [4.78, 5) is 11.5. The molecule has 6 aromatic rings. The van der Waals surface area contributed by atoms with Crippen molar-refractivity contribution in [2.24, 2.45) is 17.6 Å². The van der Waals surface area contributed by atoms with Gasteiger partial charge in [0.05, 0.1) is 0 Å². The zero-order valence-electron chi connectivity index (χ0n) is 44.5. The fourth-order valence-corrected chi connectivity index (χ4v) is 6.04. The molecule has 67 heavy (non-hydrogen) atoms. The first-order chi connectivity index (χ1) is 31.6. The monoisotopic (exact) mass is 908 g/mol. The number of aryl methyl sites for hydroxylation is 5. The molecule has 0 spiro atoms. The summed E-state index contributed by atoms with van der Waals surface area (Å²) in [5.74, 6) is 0.815. The third-order valence-electron chi connectivity index (χ3n) is 9.79. The largest absolute Gasteiger partial charge is 0.383 e. The predicted octanol–water partition coefficient (Wildman–Crippen LogP) is 16.4. The van der Waals surface area contributed by atoms with Crippen molar-refractivity contribution in [2.75, 3.05) is 21.3 Å². The van der Waals surface area contributed by atoms with Gasteiger partial charge in [0.1, 0.15) is 0 Å². The van der Waals surface area contributed by atoms with Crippen LogP contribution < -0.4 is 27.0 Å². The Morgan fingerprint density at radius 3 is 0.866 bits per heavy atom. The van der Waals surface area contributed by atoms with Crippen LogP contribution in [0.3, 0.4) is 0 Å². The highest BCUT2D eigenvalue weighted by atomic mass is 16.1. The summed E-state index contributed by atoms with van der Waals surface area (Å²) < 4.78 is 0. The number of hydrogen-bond donors (Lipinski definition) is 5. The van der Waals surface area contributed by atoms with Gasteiger partial charge in [-0.15, -0.1) is 0 Å². The van der Waals surface area contributed by atoms with Crippen LogP contribution in [0.1, 0.15) is 133 Å². The van der Waals surface area contributed by atoms with E-state index in [0.29, 0.717) is 30.1 Å². The second-order valence-electron chi connectivity index (χ2n) is 19.2. The molecule has 6 nitrogen and oxygen atoms in total. The van der Waals surface area contributed by atoms with Crippen LogP contribution in [0.2, 0.25) is 0 Å². The third kappa shape index (κ3) is 28.7. The second kappa shape index (κ2) is 32.8. The van der Waals surface area contributed by atoms with Crippen molar-refractivity contribution in [3.05, 3.63) is 191 Å². The van der Waals surface area contributed by atoms with Gasteiger partial charge in [-0.3, -0.25) is 4.79 Å². The van der Waals surface area contributed by atoms with E-state index in [-0.39, 0.29) is 17.7 Å². The molecule has 6 heteroatoms. The molecular weight excluding hydrogens is 819 g/mol. The molecule has 364 valence electrons. The average Bonchev–Trinajstić information content (AvgIpc) is 3.27. The molecule has 0 bridgehead atoms. The number of Topliss-reactive ketones (excluding diaryl/α,β-unsaturated/α-hetero) is 1. The first kappa shape index (κ1) is 59.2. The number of rotatable bonds is 12. The zero-order chi connectivity index (χ0) is 50.5. The van der Waals surface area contributed by atoms with E-state index in [1.54, 1.807) is 0 Å². The van der Waals surface area contributed by atoms with E-state index < -0.39 is 0 Å². The lowest BCUT2D eigenvalue weighted by molar-refractivity contribution is 0.0939. The molecule has 0 heterocycles. The van der Waals surface area contributed by atoms with Gasteiger partial charge < -0.3 is 27.0 Å². The highest BCUT2D eigenvalue weighted by Gasteiger charge is 2.10. The lowest BCUT2D eigenvalue weighted by Crippen LogP contribution is -2.16. The average molecular weight is 908 g/mol. The summed E-state index contributed by atoms with van der Waals surface area (Å²) in [5, 5.41) is 13.3. The van der Waals surface area contributed by atoms with E-state index in [0.717, 1.165) is 5.56 Å². The molecule has 0 saturated heterocycles. The number of carbonyl (C=O) groups excluding carboxylic acids is 1. The van der Waals surface area contributed by atoms with E-state index in [2.05, 4.69) is 227 Å². The summed E-state index contributed by atoms with van der Waals surface area (Å²) in [6.07, 6.45) is 0. The van der Waals surface area contributed by atoms with Crippen LogP contribution in [0.5, 0.6) is 0 Å². The molecule has 0 saturated carbocycles. The van der Waals surface area contributed by atoms with Crippen LogP contribution in [-0.4, -0.2) is 30.0 Å². The predicted molar refractivity (Wildman–Crippen MR) is 298 cm³/mol. The van der Waals surface area contributed by atoms with Crippen molar-refractivity contribution in [2.45, 2.75) is 148 Å². The Hall–Kier alpha value is -5.85. The van der Waals surface area contributed by atoms with E-state index in [1.165, 1.54) is 56.1 Å².